The lowest BCUT2D eigenvalue weighted by atomic mass is 10.0. The van der Waals surface area contributed by atoms with Crippen LogP contribution in [0.5, 0.6) is 5.75 Å². The molecule has 0 spiro atoms. The molecular weight excluding hydrogens is 344 g/mol. The van der Waals surface area contributed by atoms with Crippen molar-refractivity contribution in [2.45, 2.75) is 26.4 Å². The number of halogens is 1. The highest BCUT2D eigenvalue weighted by atomic mass is 79.9. The van der Waals surface area contributed by atoms with Crippen LogP contribution >= 0.6 is 15.9 Å². The van der Waals surface area contributed by atoms with Crippen molar-refractivity contribution >= 4 is 15.9 Å². The van der Waals surface area contributed by atoms with E-state index in [9.17, 15) is 0 Å². The van der Waals surface area contributed by atoms with Crippen molar-refractivity contribution in [1.29, 1.82) is 0 Å². The summed E-state index contributed by atoms with van der Waals surface area (Å²) in [6.45, 7) is 10.3. The Balaban J connectivity index is 1.86. The molecule has 0 aromatic heterocycles. The third-order valence-corrected chi connectivity index (χ3v) is 4.80. The van der Waals surface area contributed by atoms with Crippen LogP contribution < -0.4 is 10.1 Å². The van der Waals surface area contributed by atoms with E-state index in [4.69, 9.17) is 9.47 Å². The second-order valence-electron chi connectivity index (χ2n) is 6.06. The van der Waals surface area contributed by atoms with Gasteiger partial charge in [-0.2, -0.15) is 0 Å². The summed E-state index contributed by atoms with van der Waals surface area (Å²) in [5.74, 6) is 1.50. The first-order chi connectivity index (χ1) is 10.6. The molecule has 1 saturated heterocycles. The summed E-state index contributed by atoms with van der Waals surface area (Å²) in [6, 6.07) is 6.79. The van der Waals surface area contributed by atoms with Gasteiger partial charge in [0.25, 0.3) is 0 Å². The van der Waals surface area contributed by atoms with Gasteiger partial charge >= 0.3 is 0 Å². The zero-order chi connectivity index (χ0) is 15.9. The third kappa shape index (κ3) is 4.95. The average molecular weight is 371 g/mol. The lowest BCUT2D eigenvalue weighted by Gasteiger charge is -2.37. The minimum Gasteiger partial charge on any atom is -0.496 e. The minimum atomic E-state index is 0.561. The Labute approximate surface area is 142 Å². The standard InChI is InChI=1S/C17H27BrN2O2/c1-13(2)16(20-6-8-22-9-7-20)12-19-11-14-4-5-17(21-3)15(18)10-14/h4-5,10,13,16,19H,6-9,11-12H2,1-3H3. The van der Waals surface area contributed by atoms with E-state index in [1.165, 1.54) is 5.56 Å². The van der Waals surface area contributed by atoms with Gasteiger partial charge in [-0.1, -0.05) is 19.9 Å². The van der Waals surface area contributed by atoms with Crippen molar-refractivity contribution in [1.82, 2.24) is 10.2 Å². The van der Waals surface area contributed by atoms with E-state index in [-0.39, 0.29) is 0 Å². The van der Waals surface area contributed by atoms with E-state index < -0.39 is 0 Å². The molecule has 1 aliphatic heterocycles. The van der Waals surface area contributed by atoms with Gasteiger partial charge in [-0.25, -0.2) is 0 Å². The van der Waals surface area contributed by atoms with E-state index in [1.54, 1.807) is 7.11 Å². The summed E-state index contributed by atoms with van der Waals surface area (Å²) in [4.78, 5) is 2.55. The van der Waals surface area contributed by atoms with E-state index in [0.717, 1.165) is 49.6 Å². The van der Waals surface area contributed by atoms with Crippen molar-refractivity contribution in [2.75, 3.05) is 40.0 Å². The quantitative estimate of drug-likeness (QED) is 0.799. The first-order valence-corrected chi connectivity index (χ1v) is 8.76. The lowest BCUT2D eigenvalue weighted by molar-refractivity contribution is 0.00648. The van der Waals surface area contributed by atoms with Gasteiger partial charge in [0, 0.05) is 32.2 Å². The fourth-order valence-electron chi connectivity index (χ4n) is 2.88. The fraction of sp³-hybridized carbons (Fsp3) is 0.647. The molecule has 0 saturated carbocycles. The maximum Gasteiger partial charge on any atom is 0.133 e. The molecule has 1 fully saturated rings. The Hall–Kier alpha value is -0.620. The molecule has 1 N–H and O–H groups in total. The van der Waals surface area contributed by atoms with Crippen molar-refractivity contribution in [3.8, 4) is 5.75 Å². The van der Waals surface area contributed by atoms with E-state index in [0.29, 0.717) is 12.0 Å². The summed E-state index contributed by atoms with van der Waals surface area (Å²) in [6.07, 6.45) is 0. The van der Waals surface area contributed by atoms with Crippen LogP contribution in [0.2, 0.25) is 0 Å². The molecule has 1 unspecified atom stereocenters. The van der Waals surface area contributed by atoms with Gasteiger partial charge in [0.15, 0.2) is 0 Å². The molecule has 124 valence electrons. The molecular formula is C17H27BrN2O2. The van der Waals surface area contributed by atoms with E-state index in [2.05, 4.69) is 52.1 Å². The highest BCUT2D eigenvalue weighted by molar-refractivity contribution is 9.10. The number of rotatable bonds is 7. The predicted molar refractivity (Wildman–Crippen MR) is 93.4 cm³/mol. The van der Waals surface area contributed by atoms with Crippen LogP contribution in [0.3, 0.4) is 0 Å². The van der Waals surface area contributed by atoms with Crippen molar-refractivity contribution in [3.63, 3.8) is 0 Å². The maximum absolute atomic E-state index is 5.46. The molecule has 0 bridgehead atoms. The SMILES string of the molecule is COc1ccc(CNCC(C(C)C)N2CCOCC2)cc1Br. The molecule has 4 nitrogen and oxygen atoms in total. The number of benzene rings is 1. The average Bonchev–Trinajstić information content (AvgIpc) is 2.52. The number of hydrogen-bond acceptors (Lipinski definition) is 4. The maximum atomic E-state index is 5.46. The van der Waals surface area contributed by atoms with Crippen LogP contribution in [0.4, 0.5) is 0 Å². The molecule has 1 atom stereocenters. The zero-order valence-electron chi connectivity index (χ0n) is 13.8. The van der Waals surface area contributed by atoms with Crippen molar-refractivity contribution in [3.05, 3.63) is 28.2 Å². The zero-order valence-corrected chi connectivity index (χ0v) is 15.4. The van der Waals surface area contributed by atoms with E-state index in [1.807, 2.05) is 6.07 Å². The van der Waals surface area contributed by atoms with Gasteiger partial charge in [0.1, 0.15) is 5.75 Å². The van der Waals surface area contributed by atoms with Crippen LogP contribution in [0.15, 0.2) is 22.7 Å². The fourth-order valence-corrected chi connectivity index (χ4v) is 3.47. The van der Waals surface area contributed by atoms with Gasteiger partial charge < -0.3 is 14.8 Å². The molecule has 0 amide bonds. The van der Waals surface area contributed by atoms with Crippen LogP contribution in [-0.4, -0.2) is 50.9 Å². The molecule has 22 heavy (non-hydrogen) atoms. The minimum absolute atomic E-state index is 0.561. The molecule has 2 rings (SSSR count). The first kappa shape index (κ1) is 17.7. The number of hydrogen-bond donors (Lipinski definition) is 1. The molecule has 1 aliphatic rings. The number of morpholine rings is 1. The second-order valence-corrected chi connectivity index (χ2v) is 6.91. The number of ether oxygens (including phenoxy) is 2. The lowest BCUT2D eigenvalue weighted by Crippen LogP contribution is -2.50. The largest absolute Gasteiger partial charge is 0.496 e. The Morgan fingerprint density at radius 2 is 2.05 bits per heavy atom. The van der Waals surface area contributed by atoms with Crippen LogP contribution in [0.25, 0.3) is 0 Å². The molecule has 0 radical (unpaired) electrons. The number of methoxy groups -OCH3 is 1. The Kier molecular flexibility index (Phi) is 7.15. The molecule has 1 heterocycles. The summed E-state index contributed by atoms with van der Waals surface area (Å²) < 4.78 is 11.7. The Bertz CT molecular complexity index is 462. The summed E-state index contributed by atoms with van der Waals surface area (Å²) in [7, 11) is 1.69. The van der Waals surface area contributed by atoms with Gasteiger partial charge in [-0.05, 0) is 39.5 Å². The van der Waals surface area contributed by atoms with Gasteiger partial charge in [0.2, 0.25) is 0 Å². The molecule has 1 aromatic carbocycles. The highest BCUT2D eigenvalue weighted by Gasteiger charge is 2.23. The second kappa shape index (κ2) is 8.87. The highest BCUT2D eigenvalue weighted by Crippen LogP contribution is 2.25. The van der Waals surface area contributed by atoms with Crippen LogP contribution in [-0.2, 0) is 11.3 Å². The summed E-state index contributed by atoms with van der Waals surface area (Å²) >= 11 is 3.54. The smallest absolute Gasteiger partial charge is 0.133 e. The Morgan fingerprint density at radius 1 is 1.32 bits per heavy atom. The number of nitrogens with zero attached hydrogens (tertiary/aromatic N) is 1. The van der Waals surface area contributed by atoms with Gasteiger partial charge in [0.05, 0.1) is 24.8 Å². The topological polar surface area (TPSA) is 33.7 Å². The number of nitrogens with one attached hydrogen (secondary N) is 1. The Morgan fingerprint density at radius 3 is 2.64 bits per heavy atom. The summed E-state index contributed by atoms with van der Waals surface area (Å²) in [5.41, 5.74) is 1.26. The molecule has 1 aromatic rings. The van der Waals surface area contributed by atoms with Gasteiger partial charge in [-0.15, -0.1) is 0 Å². The molecule has 5 heteroatoms. The van der Waals surface area contributed by atoms with Gasteiger partial charge in [-0.3, -0.25) is 4.90 Å². The molecule has 0 aliphatic carbocycles. The normalized spacial score (nSPS) is 17.7. The van der Waals surface area contributed by atoms with Crippen LogP contribution in [0.1, 0.15) is 19.4 Å². The predicted octanol–water partition coefficient (Wildman–Crippen LogP) is 2.90. The monoisotopic (exact) mass is 370 g/mol. The van der Waals surface area contributed by atoms with Crippen molar-refractivity contribution < 1.29 is 9.47 Å². The third-order valence-electron chi connectivity index (χ3n) is 4.18. The van der Waals surface area contributed by atoms with Crippen LogP contribution in [0, 0.1) is 5.92 Å². The van der Waals surface area contributed by atoms with Crippen molar-refractivity contribution in [2.24, 2.45) is 5.92 Å². The summed E-state index contributed by atoms with van der Waals surface area (Å²) in [5, 5.41) is 3.60. The first-order valence-electron chi connectivity index (χ1n) is 7.96. The van der Waals surface area contributed by atoms with E-state index >= 15 is 0 Å².